The predicted octanol–water partition coefficient (Wildman–Crippen LogP) is 6.53. The van der Waals surface area contributed by atoms with E-state index in [4.69, 9.17) is 0 Å². The Labute approximate surface area is 193 Å². The number of nitro groups is 1. The van der Waals surface area contributed by atoms with Gasteiger partial charge in [0.1, 0.15) is 6.61 Å². The lowest BCUT2D eigenvalue weighted by Gasteiger charge is -2.40. The van der Waals surface area contributed by atoms with Crippen LogP contribution in [0.15, 0.2) is 30.3 Å². The van der Waals surface area contributed by atoms with Crippen LogP contribution >= 0.6 is 0 Å². The molecule has 1 aromatic rings. The predicted molar refractivity (Wildman–Crippen MR) is 88.8 cm³/mol. The Kier molecular flexibility index (Phi) is 8.24. The Hall–Kier alpha value is -3.22. The van der Waals surface area contributed by atoms with Crippen LogP contribution in [0.2, 0.25) is 0 Å². The number of hydrogen-bond acceptors (Lipinski definition) is 4. The first kappa shape index (κ1) is 31.8. The van der Waals surface area contributed by atoms with Gasteiger partial charge < -0.3 is 4.74 Å². The zero-order valence-corrected chi connectivity index (χ0v) is 16.9. The molecule has 0 aliphatic rings. The Bertz CT molecular complexity index is 1050. The van der Waals surface area contributed by atoms with Crippen molar-refractivity contribution in [2.45, 2.75) is 41.7 Å². The standard InChI is InChI=1S/C17H8F15NO4/c18-11(19,10(34)37-7-3-5-8-4-1-2-6-9(8)33(35)36)12(20,21)13(22,23)14(24,25)15(26,27)16(28,29)17(30,31)32/h1-6H,7H2/b5-3+. The van der Waals surface area contributed by atoms with Crippen LogP contribution in [0.4, 0.5) is 71.5 Å². The van der Waals surface area contributed by atoms with Gasteiger partial charge in [0.15, 0.2) is 0 Å². The number of nitro benzene ring substituents is 1. The number of carbonyl (C=O) groups is 1. The molecule has 0 saturated carbocycles. The minimum absolute atomic E-state index is 0.320. The summed E-state index contributed by atoms with van der Waals surface area (Å²) in [5.41, 5.74) is -0.958. The maximum absolute atomic E-state index is 13.7. The molecule has 210 valence electrons. The van der Waals surface area contributed by atoms with Gasteiger partial charge in [-0.1, -0.05) is 12.1 Å². The summed E-state index contributed by atoms with van der Waals surface area (Å²) in [5.74, 6) is -52.6. The molecule has 0 atom stereocenters. The normalized spacial score (nSPS) is 14.7. The van der Waals surface area contributed by atoms with E-state index in [9.17, 15) is 80.8 Å². The highest BCUT2D eigenvalue weighted by molar-refractivity contribution is 5.79. The van der Waals surface area contributed by atoms with E-state index in [0.717, 1.165) is 18.2 Å². The molecule has 0 aliphatic carbocycles. The molecule has 0 fully saturated rings. The summed E-state index contributed by atoms with van der Waals surface area (Å²) in [7, 11) is 0. The second kappa shape index (κ2) is 9.58. The lowest BCUT2D eigenvalue weighted by Crippen LogP contribution is -2.73. The lowest BCUT2D eigenvalue weighted by molar-refractivity contribution is -0.450. The van der Waals surface area contributed by atoms with Crippen molar-refractivity contribution in [1.82, 2.24) is 0 Å². The van der Waals surface area contributed by atoms with Crippen molar-refractivity contribution in [1.29, 1.82) is 0 Å². The van der Waals surface area contributed by atoms with Gasteiger partial charge in [0, 0.05) is 6.07 Å². The maximum atomic E-state index is 13.7. The molecule has 0 saturated heterocycles. The summed E-state index contributed by atoms with van der Waals surface area (Å²) in [4.78, 5) is 21.0. The summed E-state index contributed by atoms with van der Waals surface area (Å²) in [6.45, 7) is -1.61. The van der Waals surface area contributed by atoms with Crippen LogP contribution in [0.25, 0.3) is 6.08 Å². The van der Waals surface area contributed by atoms with Crippen molar-refractivity contribution in [2.75, 3.05) is 6.61 Å². The minimum Gasteiger partial charge on any atom is -0.457 e. The van der Waals surface area contributed by atoms with Gasteiger partial charge in [0.25, 0.3) is 5.69 Å². The van der Waals surface area contributed by atoms with Gasteiger partial charge >= 0.3 is 47.7 Å². The summed E-state index contributed by atoms with van der Waals surface area (Å²) in [5, 5.41) is 10.8. The fourth-order valence-corrected chi connectivity index (χ4v) is 2.28. The average molecular weight is 575 g/mol. The van der Waals surface area contributed by atoms with Gasteiger partial charge in [-0.05, 0) is 18.2 Å². The van der Waals surface area contributed by atoms with E-state index in [2.05, 4.69) is 4.74 Å². The number of rotatable bonds is 10. The average Bonchev–Trinajstić information content (AvgIpc) is 2.75. The maximum Gasteiger partial charge on any atom is 0.460 e. The zero-order chi connectivity index (χ0) is 29.5. The number of carbonyl (C=O) groups excluding carboxylic acids is 1. The van der Waals surface area contributed by atoms with Crippen molar-refractivity contribution >= 4 is 17.7 Å². The molecular formula is C17H8F15NO4. The molecule has 20 heteroatoms. The van der Waals surface area contributed by atoms with Crippen LogP contribution in [0, 0.1) is 10.1 Å². The first-order valence-corrected chi connectivity index (χ1v) is 8.73. The van der Waals surface area contributed by atoms with Crippen molar-refractivity contribution < 1.29 is 80.3 Å². The second-order valence-corrected chi connectivity index (χ2v) is 6.76. The molecular weight excluding hydrogens is 567 g/mol. The van der Waals surface area contributed by atoms with Gasteiger partial charge in [-0.2, -0.15) is 65.9 Å². The van der Waals surface area contributed by atoms with Crippen LogP contribution in [0.5, 0.6) is 0 Å². The Morgan fingerprint density at radius 3 is 1.65 bits per heavy atom. The second-order valence-electron chi connectivity index (χ2n) is 6.76. The smallest absolute Gasteiger partial charge is 0.457 e. The SMILES string of the molecule is O=C(OC/C=C/c1ccccc1[N+](=O)[O-])C(F)(F)C(F)(F)C(F)(F)C(F)(F)C(F)(F)C(F)(F)C(F)(F)F. The third-order valence-corrected chi connectivity index (χ3v) is 4.33. The molecule has 0 amide bonds. The first-order valence-electron chi connectivity index (χ1n) is 8.73. The lowest BCUT2D eigenvalue weighted by atomic mass is 9.91. The molecule has 0 heterocycles. The van der Waals surface area contributed by atoms with Crippen LogP contribution < -0.4 is 0 Å². The van der Waals surface area contributed by atoms with Crippen LogP contribution in [-0.2, 0) is 9.53 Å². The fourth-order valence-electron chi connectivity index (χ4n) is 2.28. The Morgan fingerprint density at radius 2 is 1.19 bits per heavy atom. The largest absolute Gasteiger partial charge is 0.460 e. The van der Waals surface area contributed by atoms with Crippen molar-refractivity contribution in [3.8, 4) is 0 Å². The van der Waals surface area contributed by atoms with Gasteiger partial charge in [0.05, 0.1) is 10.5 Å². The van der Waals surface area contributed by atoms with E-state index in [1.807, 2.05) is 0 Å². The highest BCUT2D eigenvalue weighted by Crippen LogP contribution is 2.62. The van der Waals surface area contributed by atoms with Crippen molar-refractivity contribution in [2.24, 2.45) is 0 Å². The van der Waals surface area contributed by atoms with E-state index < -0.39 is 64.9 Å². The number of nitrogens with zero attached hydrogens (tertiary/aromatic N) is 1. The van der Waals surface area contributed by atoms with E-state index in [-0.39, 0.29) is 5.56 Å². The zero-order valence-electron chi connectivity index (χ0n) is 16.9. The van der Waals surface area contributed by atoms with E-state index in [1.165, 1.54) is 6.07 Å². The number of ether oxygens (including phenoxy) is 1. The first-order chi connectivity index (χ1) is 16.3. The van der Waals surface area contributed by atoms with E-state index in [0.29, 0.717) is 12.2 Å². The number of para-hydroxylation sites is 1. The number of esters is 1. The van der Waals surface area contributed by atoms with Gasteiger partial charge in [-0.15, -0.1) is 0 Å². The van der Waals surface area contributed by atoms with E-state index in [1.54, 1.807) is 0 Å². The molecule has 0 aromatic heterocycles. The Balaban J connectivity index is 3.26. The fraction of sp³-hybridized carbons (Fsp3) is 0.471. The summed E-state index contributed by atoms with van der Waals surface area (Å²) in [6, 6.07) is 4.26. The molecule has 0 N–H and O–H groups in total. The monoisotopic (exact) mass is 575 g/mol. The molecule has 5 nitrogen and oxygen atoms in total. The quantitative estimate of drug-likeness (QED) is 0.138. The molecule has 1 rings (SSSR count). The number of hydrogen-bond donors (Lipinski definition) is 0. The number of benzene rings is 1. The van der Waals surface area contributed by atoms with E-state index >= 15 is 0 Å². The molecule has 0 bridgehead atoms. The molecule has 1 aromatic carbocycles. The molecule has 0 radical (unpaired) electrons. The number of alkyl halides is 15. The van der Waals surface area contributed by atoms with Crippen LogP contribution in [0.1, 0.15) is 5.56 Å². The van der Waals surface area contributed by atoms with Gasteiger partial charge in [-0.3, -0.25) is 10.1 Å². The Morgan fingerprint density at radius 1 is 0.757 bits per heavy atom. The third-order valence-electron chi connectivity index (χ3n) is 4.33. The molecule has 0 aliphatic heterocycles. The summed E-state index contributed by atoms with van der Waals surface area (Å²) < 4.78 is 200. The summed E-state index contributed by atoms with van der Waals surface area (Å²) in [6.07, 6.45) is -6.70. The summed E-state index contributed by atoms with van der Waals surface area (Å²) >= 11 is 0. The van der Waals surface area contributed by atoms with Crippen molar-refractivity contribution in [3.63, 3.8) is 0 Å². The van der Waals surface area contributed by atoms with Gasteiger partial charge in [0.2, 0.25) is 0 Å². The minimum atomic E-state index is -8.53. The number of halogens is 15. The molecule has 0 spiro atoms. The van der Waals surface area contributed by atoms with Crippen LogP contribution in [0.3, 0.4) is 0 Å². The van der Waals surface area contributed by atoms with Crippen molar-refractivity contribution in [3.05, 3.63) is 46.0 Å². The highest BCUT2D eigenvalue weighted by atomic mass is 19.4. The third kappa shape index (κ3) is 5.00. The molecule has 37 heavy (non-hydrogen) atoms. The highest BCUT2D eigenvalue weighted by Gasteiger charge is 2.94. The topological polar surface area (TPSA) is 69.4 Å². The van der Waals surface area contributed by atoms with Gasteiger partial charge in [-0.25, -0.2) is 4.79 Å². The molecule has 0 unspecified atom stereocenters. The van der Waals surface area contributed by atoms with Crippen LogP contribution in [-0.4, -0.2) is 59.2 Å².